The molecule has 1 aromatic carbocycles. The van der Waals surface area contributed by atoms with Crippen molar-refractivity contribution < 1.29 is 19.1 Å². The van der Waals surface area contributed by atoms with Crippen LogP contribution in [0.3, 0.4) is 0 Å². The lowest BCUT2D eigenvalue weighted by Gasteiger charge is -2.33. The lowest BCUT2D eigenvalue weighted by atomic mass is 10.0. The molecule has 2 aliphatic rings. The summed E-state index contributed by atoms with van der Waals surface area (Å²) in [4.78, 5) is 27.1. The zero-order chi connectivity index (χ0) is 20.9. The van der Waals surface area contributed by atoms with Gasteiger partial charge in [-0.05, 0) is 25.3 Å². The molecule has 1 aromatic heterocycles. The summed E-state index contributed by atoms with van der Waals surface area (Å²) in [7, 11) is 1.62. The topological polar surface area (TPSA) is 85.7 Å². The van der Waals surface area contributed by atoms with Gasteiger partial charge in [-0.2, -0.15) is 5.10 Å². The van der Waals surface area contributed by atoms with Gasteiger partial charge >= 0.3 is 0 Å². The van der Waals surface area contributed by atoms with Crippen molar-refractivity contribution in [3.05, 3.63) is 42.1 Å². The summed E-state index contributed by atoms with van der Waals surface area (Å²) < 4.78 is 12.5. The quantitative estimate of drug-likeness (QED) is 0.787. The summed E-state index contributed by atoms with van der Waals surface area (Å²) in [6, 6.07) is 9.61. The van der Waals surface area contributed by atoms with Crippen LogP contribution in [0.25, 0.3) is 0 Å². The number of para-hydroxylation sites is 1. The number of carbonyl (C=O) groups excluding carboxylic acids is 2. The second-order valence-corrected chi connectivity index (χ2v) is 7.81. The molecule has 1 atom stereocenters. The predicted molar refractivity (Wildman–Crippen MR) is 111 cm³/mol. The van der Waals surface area contributed by atoms with Crippen LogP contribution in [0, 0.1) is 5.92 Å². The summed E-state index contributed by atoms with van der Waals surface area (Å²) in [6.45, 7) is 2.45. The number of methoxy groups -OCH3 is 1. The molecule has 30 heavy (non-hydrogen) atoms. The van der Waals surface area contributed by atoms with Crippen molar-refractivity contribution in [2.75, 3.05) is 38.7 Å². The Kier molecular flexibility index (Phi) is 6.32. The molecule has 8 heteroatoms. The highest BCUT2D eigenvalue weighted by Crippen LogP contribution is 2.27. The van der Waals surface area contributed by atoms with Crippen LogP contribution in [-0.2, 0) is 20.7 Å². The van der Waals surface area contributed by atoms with Gasteiger partial charge < -0.3 is 19.7 Å². The Hall–Kier alpha value is -2.87. The fourth-order valence-corrected chi connectivity index (χ4v) is 4.16. The van der Waals surface area contributed by atoms with E-state index < -0.39 is 0 Å². The molecule has 0 saturated carbocycles. The smallest absolute Gasteiger partial charge is 0.231 e. The molecule has 8 nitrogen and oxygen atoms in total. The molecule has 160 valence electrons. The Bertz CT molecular complexity index is 883. The summed E-state index contributed by atoms with van der Waals surface area (Å²) in [5.74, 6) is 1.45. The number of carbonyl (C=O) groups is 2. The second-order valence-electron chi connectivity index (χ2n) is 7.81. The number of amides is 2. The maximum atomic E-state index is 12.8. The van der Waals surface area contributed by atoms with Crippen molar-refractivity contribution in [3.8, 4) is 5.75 Å². The van der Waals surface area contributed by atoms with Gasteiger partial charge in [0.15, 0.2) is 0 Å². The van der Waals surface area contributed by atoms with Crippen LogP contribution >= 0.6 is 0 Å². The summed E-state index contributed by atoms with van der Waals surface area (Å²) in [5.41, 5.74) is 0.903. The van der Waals surface area contributed by atoms with Gasteiger partial charge in [-0.1, -0.05) is 18.2 Å². The normalized spacial score (nSPS) is 19.6. The van der Waals surface area contributed by atoms with Crippen molar-refractivity contribution in [2.24, 2.45) is 5.92 Å². The van der Waals surface area contributed by atoms with E-state index in [-0.39, 0.29) is 23.8 Å². The second kappa shape index (κ2) is 9.30. The molecule has 0 aliphatic carbocycles. The van der Waals surface area contributed by atoms with Gasteiger partial charge in [0, 0.05) is 31.3 Å². The Balaban J connectivity index is 1.33. The Morgan fingerprint density at radius 3 is 2.73 bits per heavy atom. The number of hydrogen-bond donors (Lipinski definition) is 1. The van der Waals surface area contributed by atoms with Gasteiger partial charge in [0.2, 0.25) is 11.8 Å². The molecular formula is C22H28N4O4. The Morgan fingerprint density at radius 1 is 1.20 bits per heavy atom. The lowest BCUT2D eigenvalue weighted by molar-refractivity contribution is -0.131. The molecule has 2 saturated heterocycles. The minimum absolute atomic E-state index is 0.0151. The number of anilines is 1. The van der Waals surface area contributed by atoms with Crippen LogP contribution in [0.4, 0.5) is 5.82 Å². The minimum Gasteiger partial charge on any atom is -0.496 e. The molecule has 2 aromatic rings. The first kappa shape index (κ1) is 20.4. The van der Waals surface area contributed by atoms with Gasteiger partial charge in [0.1, 0.15) is 11.6 Å². The zero-order valence-corrected chi connectivity index (χ0v) is 17.3. The van der Waals surface area contributed by atoms with E-state index in [1.165, 1.54) is 0 Å². The third-order valence-electron chi connectivity index (χ3n) is 5.92. The molecule has 0 radical (unpaired) electrons. The number of nitrogens with one attached hydrogen (secondary N) is 1. The number of benzene rings is 1. The van der Waals surface area contributed by atoms with Gasteiger partial charge in [-0.25, -0.2) is 4.68 Å². The first-order chi connectivity index (χ1) is 14.7. The van der Waals surface area contributed by atoms with Crippen LogP contribution in [0.1, 0.15) is 30.9 Å². The van der Waals surface area contributed by atoms with Crippen LogP contribution in [-0.4, -0.2) is 59.9 Å². The average Bonchev–Trinajstić information content (AvgIpc) is 3.46. The van der Waals surface area contributed by atoms with Crippen LogP contribution in [0.2, 0.25) is 0 Å². The molecule has 0 unspecified atom stereocenters. The standard InChI is InChI=1S/C22H28N4O4/c1-29-19-5-3-2-4-16(19)14-21(27)25-11-7-18(8-12-25)26-20(6-10-23-26)24-22(28)17-9-13-30-15-17/h2-6,10,17-18H,7-9,11-15H2,1H3,(H,24,28)/t17-/m1/s1. The lowest BCUT2D eigenvalue weighted by Crippen LogP contribution is -2.40. The third-order valence-corrected chi connectivity index (χ3v) is 5.92. The number of hydrogen-bond acceptors (Lipinski definition) is 5. The zero-order valence-electron chi connectivity index (χ0n) is 17.3. The van der Waals surface area contributed by atoms with Gasteiger partial charge in [0.05, 0.1) is 38.3 Å². The van der Waals surface area contributed by atoms with E-state index in [0.717, 1.165) is 30.6 Å². The minimum atomic E-state index is -0.0946. The maximum Gasteiger partial charge on any atom is 0.231 e. The Labute approximate surface area is 176 Å². The van der Waals surface area contributed by atoms with E-state index in [0.29, 0.717) is 38.5 Å². The fourth-order valence-electron chi connectivity index (χ4n) is 4.16. The van der Waals surface area contributed by atoms with Crippen molar-refractivity contribution in [1.82, 2.24) is 14.7 Å². The molecule has 2 fully saturated rings. The van der Waals surface area contributed by atoms with E-state index in [1.54, 1.807) is 13.3 Å². The summed E-state index contributed by atoms with van der Waals surface area (Å²) >= 11 is 0. The van der Waals surface area contributed by atoms with Crippen LogP contribution in [0.15, 0.2) is 36.5 Å². The van der Waals surface area contributed by atoms with E-state index in [2.05, 4.69) is 10.4 Å². The molecular weight excluding hydrogens is 384 g/mol. The molecule has 1 N–H and O–H groups in total. The van der Waals surface area contributed by atoms with Gasteiger partial charge in [-0.3, -0.25) is 9.59 Å². The van der Waals surface area contributed by atoms with Gasteiger partial charge in [-0.15, -0.1) is 0 Å². The molecule has 3 heterocycles. The highest BCUT2D eigenvalue weighted by Gasteiger charge is 2.28. The van der Waals surface area contributed by atoms with Crippen molar-refractivity contribution >= 4 is 17.6 Å². The predicted octanol–water partition coefficient (Wildman–Crippen LogP) is 2.27. The number of nitrogens with zero attached hydrogens (tertiary/aromatic N) is 3. The largest absolute Gasteiger partial charge is 0.496 e. The first-order valence-corrected chi connectivity index (χ1v) is 10.5. The number of ether oxygens (including phenoxy) is 2. The Morgan fingerprint density at radius 2 is 2.00 bits per heavy atom. The monoisotopic (exact) mass is 412 g/mol. The molecule has 2 aliphatic heterocycles. The number of piperidine rings is 1. The highest BCUT2D eigenvalue weighted by atomic mass is 16.5. The van der Waals surface area contributed by atoms with Crippen molar-refractivity contribution in [1.29, 1.82) is 0 Å². The maximum absolute atomic E-state index is 12.8. The highest BCUT2D eigenvalue weighted by molar-refractivity contribution is 5.92. The van der Waals surface area contributed by atoms with E-state index in [9.17, 15) is 9.59 Å². The summed E-state index contributed by atoms with van der Waals surface area (Å²) in [5, 5.41) is 7.43. The third kappa shape index (κ3) is 4.48. The number of aromatic nitrogens is 2. The van der Waals surface area contributed by atoms with Crippen molar-refractivity contribution in [3.63, 3.8) is 0 Å². The average molecular weight is 412 g/mol. The van der Waals surface area contributed by atoms with Crippen LogP contribution < -0.4 is 10.1 Å². The molecule has 2 amide bonds. The molecule has 4 rings (SSSR count). The molecule has 0 bridgehead atoms. The van der Waals surface area contributed by atoms with E-state index in [4.69, 9.17) is 9.47 Å². The van der Waals surface area contributed by atoms with Crippen LogP contribution in [0.5, 0.6) is 5.75 Å². The first-order valence-electron chi connectivity index (χ1n) is 10.5. The molecule has 0 spiro atoms. The number of likely N-dealkylation sites (tertiary alicyclic amines) is 1. The van der Waals surface area contributed by atoms with E-state index >= 15 is 0 Å². The SMILES string of the molecule is COc1ccccc1CC(=O)N1CCC(n2nccc2NC(=O)[C@@H]2CCOC2)CC1. The van der Waals surface area contributed by atoms with Gasteiger partial charge in [0.25, 0.3) is 0 Å². The fraction of sp³-hybridized carbons (Fsp3) is 0.500. The number of rotatable bonds is 6. The van der Waals surface area contributed by atoms with E-state index in [1.807, 2.05) is 39.9 Å². The summed E-state index contributed by atoms with van der Waals surface area (Å²) in [6.07, 6.45) is 4.40. The van der Waals surface area contributed by atoms with Crippen molar-refractivity contribution in [2.45, 2.75) is 31.7 Å².